The van der Waals surface area contributed by atoms with Crippen LogP contribution in [0.15, 0.2) is 35.5 Å². The molecule has 2 aliphatic heterocycles. The Balaban J connectivity index is 1.82. The number of nitrogens with zero attached hydrogens (tertiary/aromatic N) is 2. The van der Waals surface area contributed by atoms with E-state index in [0.29, 0.717) is 61.2 Å². The lowest BCUT2D eigenvalue weighted by molar-refractivity contribution is -0.136. The molecular formula is C20H25ClN4O5. The third-order valence-corrected chi connectivity index (χ3v) is 5.26. The average molecular weight is 437 g/mol. The van der Waals surface area contributed by atoms with E-state index in [2.05, 4.69) is 15.5 Å². The molecule has 1 atom stereocenters. The van der Waals surface area contributed by atoms with E-state index in [1.165, 1.54) is 7.11 Å². The Bertz CT molecular complexity index is 851. The predicted octanol–water partition coefficient (Wildman–Crippen LogP) is 1.90. The minimum atomic E-state index is -0.680. The summed E-state index contributed by atoms with van der Waals surface area (Å²) in [5, 5.41) is 6.02. The van der Waals surface area contributed by atoms with Gasteiger partial charge in [0, 0.05) is 43.4 Å². The number of benzene rings is 1. The van der Waals surface area contributed by atoms with E-state index < -0.39 is 18.0 Å². The van der Waals surface area contributed by atoms with Crippen LogP contribution in [-0.4, -0.2) is 74.3 Å². The van der Waals surface area contributed by atoms with E-state index in [4.69, 9.17) is 21.1 Å². The van der Waals surface area contributed by atoms with E-state index in [0.717, 1.165) is 0 Å². The Morgan fingerprint density at radius 3 is 2.60 bits per heavy atom. The normalized spacial score (nSPS) is 19.8. The summed E-state index contributed by atoms with van der Waals surface area (Å²) in [5.74, 6) is -0.535. The minimum absolute atomic E-state index is 0.326. The largest absolute Gasteiger partial charge is 0.466 e. The highest BCUT2D eigenvalue weighted by Gasteiger charge is 2.34. The van der Waals surface area contributed by atoms with Crippen LogP contribution >= 0.6 is 11.6 Å². The fraction of sp³-hybridized carbons (Fsp3) is 0.450. The zero-order valence-electron chi connectivity index (χ0n) is 16.9. The van der Waals surface area contributed by atoms with Crippen molar-refractivity contribution in [3.8, 4) is 0 Å². The molecule has 3 amide bonds. The number of esters is 1. The van der Waals surface area contributed by atoms with Crippen LogP contribution in [0.3, 0.4) is 0 Å². The molecule has 0 saturated carbocycles. The van der Waals surface area contributed by atoms with Crippen molar-refractivity contribution < 1.29 is 23.9 Å². The van der Waals surface area contributed by atoms with Crippen molar-refractivity contribution in [1.82, 2.24) is 20.4 Å². The summed E-state index contributed by atoms with van der Waals surface area (Å²) in [6, 6.07) is 5.89. The number of rotatable bonds is 5. The van der Waals surface area contributed by atoms with Crippen LogP contribution in [0.5, 0.6) is 0 Å². The number of hydrogen-bond acceptors (Lipinski definition) is 6. The van der Waals surface area contributed by atoms with E-state index in [-0.39, 0.29) is 6.09 Å². The van der Waals surface area contributed by atoms with Gasteiger partial charge in [-0.1, -0.05) is 23.7 Å². The Hall–Kier alpha value is -2.78. The zero-order valence-corrected chi connectivity index (χ0v) is 17.7. The van der Waals surface area contributed by atoms with Crippen molar-refractivity contribution in [1.29, 1.82) is 0 Å². The summed E-state index contributed by atoms with van der Waals surface area (Å²) in [6.07, 6.45) is -0.331. The monoisotopic (exact) mass is 436 g/mol. The lowest BCUT2D eigenvalue weighted by atomic mass is 9.95. The third-order valence-electron chi connectivity index (χ3n) is 5.02. The first-order chi connectivity index (χ1) is 14.4. The quantitative estimate of drug-likeness (QED) is 0.684. The van der Waals surface area contributed by atoms with Gasteiger partial charge in [-0.25, -0.2) is 14.4 Å². The predicted molar refractivity (Wildman–Crippen MR) is 110 cm³/mol. The van der Waals surface area contributed by atoms with Gasteiger partial charge in [-0.2, -0.15) is 0 Å². The summed E-state index contributed by atoms with van der Waals surface area (Å²) in [7, 11) is 1.30. The van der Waals surface area contributed by atoms with Gasteiger partial charge < -0.3 is 25.0 Å². The smallest absolute Gasteiger partial charge is 0.409 e. The third kappa shape index (κ3) is 5.03. The van der Waals surface area contributed by atoms with Crippen molar-refractivity contribution in [3.63, 3.8) is 0 Å². The Kier molecular flexibility index (Phi) is 7.17. The first kappa shape index (κ1) is 21.9. The van der Waals surface area contributed by atoms with Crippen LogP contribution < -0.4 is 10.6 Å². The molecule has 2 aliphatic rings. The van der Waals surface area contributed by atoms with Gasteiger partial charge in [-0.15, -0.1) is 0 Å². The summed E-state index contributed by atoms with van der Waals surface area (Å²) in [4.78, 5) is 40.5. The number of urea groups is 1. The number of carbonyl (C=O) groups is 3. The number of carbonyl (C=O) groups excluding carboxylic acids is 3. The van der Waals surface area contributed by atoms with Crippen molar-refractivity contribution in [2.75, 3.05) is 46.4 Å². The molecule has 0 radical (unpaired) electrons. The molecule has 1 fully saturated rings. The van der Waals surface area contributed by atoms with Crippen LogP contribution in [0.4, 0.5) is 9.59 Å². The molecule has 3 rings (SSSR count). The van der Waals surface area contributed by atoms with Gasteiger partial charge in [0.05, 0.1) is 25.3 Å². The topological polar surface area (TPSA) is 100 Å². The van der Waals surface area contributed by atoms with Crippen LogP contribution in [0.25, 0.3) is 0 Å². The van der Waals surface area contributed by atoms with Crippen molar-refractivity contribution in [2.45, 2.75) is 13.0 Å². The van der Waals surface area contributed by atoms with Gasteiger partial charge in [-0.05, 0) is 24.6 Å². The molecule has 0 aliphatic carbocycles. The average Bonchev–Trinajstić information content (AvgIpc) is 2.73. The first-order valence-corrected chi connectivity index (χ1v) is 10.1. The second-order valence-corrected chi connectivity index (χ2v) is 7.37. The van der Waals surface area contributed by atoms with Crippen molar-refractivity contribution in [3.05, 3.63) is 46.1 Å². The zero-order chi connectivity index (χ0) is 21.7. The molecule has 0 unspecified atom stereocenters. The lowest BCUT2D eigenvalue weighted by Gasteiger charge is -2.36. The maximum Gasteiger partial charge on any atom is 0.409 e. The molecule has 2 N–H and O–H groups in total. The molecule has 30 heavy (non-hydrogen) atoms. The van der Waals surface area contributed by atoms with Gasteiger partial charge in [-0.3, -0.25) is 4.90 Å². The van der Waals surface area contributed by atoms with Crippen molar-refractivity contribution >= 4 is 29.7 Å². The Labute approximate surface area is 179 Å². The number of methoxy groups -OCH3 is 1. The standard InChI is InChI=1S/C20H25ClN4O5/c1-3-30-20(28)25-9-7-24(8-10-25)12-15-16(18(26)29-2)17(23-19(27)22-15)13-5-4-6-14(21)11-13/h4-6,11,17H,3,7-10,12H2,1-2H3,(H2,22,23,27)/t17-/m0/s1. The van der Waals surface area contributed by atoms with Gasteiger partial charge in [0.15, 0.2) is 0 Å². The molecule has 1 saturated heterocycles. The molecule has 0 bridgehead atoms. The Morgan fingerprint density at radius 1 is 1.23 bits per heavy atom. The van der Waals surface area contributed by atoms with E-state index in [9.17, 15) is 14.4 Å². The van der Waals surface area contributed by atoms with Crippen LogP contribution in [0, 0.1) is 0 Å². The number of piperazine rings is 1. The fourth-order valence-corrected chi connectivity index (χ4v) is 3.76. The number of amides is 3. The number of hydrogen-bond donors (Lipinski definition) is 2. The molecule has 1 aromatic carbocycles. The Morgan fingerprint density at radius 2 is 1.97 bits per heavy atom. The maximum absolute atomic E-state index is 12.6. The molecule has 9 nitrogen and oxygen atoms in total. The number of ether oxygens (including phenoxy) is 2. The lowest BCUT2D eigenvalue weighted by Crippen LogP contribution is -2.52. The molecule has 0 aromatic heterocycles. The van der Waals surface area contributed by atoms with Crippen molar-refractivity contribution in [2.24, 2.45) is 0 Å². The highest BCUT2D eigenvalue weighted by atomic mass is 35.5. The number of nitrogens with one attached hydrogen (secondary N) is 2. The highest BCUT2D eigenvalue weighted by molar-refractivity contribution is 6.30. The molecule has 162 valence electrons. The number of halogens is 1. The maximum atomic E-state index is 12.6. The van der Waals surface area contributed by atoms with Crippen LogP contribution in [0.2, 0.25) is 5.02 Å². The van der Waals surface area contributed by atoms with Gasteiger partial charge in [0.1, 0.15) is 0 Å². The summed E-state index contributed by atoms with van der Waals surface area (Å²) in [6.45, 7) is 4.62. The molecule has 0 spiro atoms. The fourth-order valence-electron chi connectivity index (χ4n) is 3.56. The minimum Gasteiger partial charge on any atom is -0.466 e. The molecule has 2 heterocycles. The van der Waals surface area contributed by atoms with Gasteiger partial charge in [0.2, 0.25) is 0 Å². The van der Waals surface area contributed by atoms with Crippen LogP contribution in [0.1, 0.15) is 18.5 Å². The summed E-state index contributed by atoms with van der Waals surface area (Å²) in [5.41, 5.74) is 1.48. The highest BCUT2D eigenvalue weighted by Crippen LogP contribution is 2.29. The molecule has 1 aromatic rings. The van der Waals surface area contributed by atoms with E-state index in [1.54, 1.807) is 36.1 Å². The second-order valence-electron chi connectivity index (χ2n) is 6.93. The van der Waals surface area contributed by atoms with Gasteiger partial charge in [0.25, 0.3) is 0 Å². The first-order valence-electron chi connectivity index (χ1n) is 9.71. The summed E-state index contributed by atoms with van der Waals surface area (Å²) < 4.78 is 10.0. The van der Waals surface area contributed by atoms with E-state index >= 15 is 0 Å². The molecule has 10 heteroatoms. The van der Waals surface area contributed by atoms with Gasteiger partial charge >= 0.3 is 18.1 Å². The molecular weight excluding hydrogens is 412 g/mol. The van der Waals surface area contributed by atoms with Crippen LogP contribution in [-0.2, 0) is 14.3 Å². The summed E-state index contributed by atoms with van der Waals surface area (Å²) >= 11 is 6.10. The SMILES string of the molecule is CCOC(=O)N1CCN(CC2=C(C(=O)OC)[C@H](c3cccc(Cl)c3)NC(=O)N2)CC1. The second kappa shape index (κ2) is 9.82. The van der Waals surface area contributed by atoms with E-state index in [1.807, 2.05) is 0 Å².